The van der Waals surface area contributed by atoms with Crippen molar-refractivity contribution in [3.8, 4) is 10.6 Å². The van der Waals surface area contributed by atoms with E-state index in [0.29, 0.717) is 6.54 Å². The van der Waals surface area contributed by atoms with E-state index in [-0.39, 0.29) is 0 Å². The van der Waals surface area contributed by atoms with E-state index in [4.69, 9.17) is 5.73 Å². The van der Waals surface area contributed by atoms with Crippen molar-refractivity contribution >= 4 is 11.3 Å². The summed E-state index contributed by atoms with van der Waals surface area (Å²) < 4.78 is 2.23. The highest BCUT2D eigenvalue weighted by molar-refractivity contribution is 7.13. The minimum atomic E-state index is 0.528. The highest BCUT2D eigenvalue weighted by Crippen LogP contribution is 2.34. The first-order valence-corrected chi connectivity index (χ1v) is 5.59. The Morgan fingerprint density at radius 2 is 2.50 bits per heavy atom. The molecule has 2 aromatic rings. The van der Waals surface area contributed by atoms with Gasteiger partial charge in [-0.3, -0.25) is 0 Å². The van der Waals surface area contributed by atoms with Gasteiger partial charge >= 0.3 is 0 Å². The molecular formula is C10H11N3S. The van der Waals surface area contributed by atoms with Crippen LogP contribution in [0.4, 0.5) is 0 Å². The number of rotatable bonds is 1. The van der Waals surface area contributed by atoms with E-state index < -0.39 is 0 Å². The van der Waals surface area contributed by atoms with Crippen LogP contribution in [0.1, 0.15) is 11.4 Å². The fourth-order valence-electron chi connectivity index (χ4n) is 2.00. The van der Waals surface area contributed by atoms with E-state index >= 15 is 0 Å². The molecule has 0 saturated carbocycles. The van der Waals surface area contributed by atoms with Crippen molar-refractivity contribution in [3.63, 3.8) is 0 Å². The molecule has 0 atom stereocenters. The van der Waals surface area contributed by atoms with Crippen molar-refractivity contribution in [2.75, 3.05) is 0 Å². The first-order valence-electron chi connectivity index (χ1n) is 4.71. The summed E-state index contributed by atoms with van der Waals surface area (Å²) in [5, 5.41) is 2.15. The van der Waals surface area contributed by atoms with Crippen molar-refractivity contribution in [2.45, 2.75) is 19.5 Å². The van der Waals surface area contributed by atoms with Crippen molar-refractivity contribution < 1.29 is 0 Å². The van der Waals surface area contributed by atoms with Gasteiger partial charge in [0.15, 0.2) is 0 Å². The number of imidazole rings is 1. The number of hydrogen-bond donors (Lipinski definition) is 1. The zero-order chi connectivity index (χ0) is 9.54. The van der Waals surface area contributed by atoms with E-state index in [1.165, 1.54) is 16.1 Å². The Hall–Kier alpha value is -1.13. The van der Waals surface area contributed by atoms with E-state index in [0.717, 1.165) is 18.8 Å². The average Bonchev–Trinajstić information content (AvgIpc) is 2.82. The van der Waals surface area contributed by atoms with Crippen LogP contribution in [-0.2, 0) is 19.5 Å². The maximum Gasteiger partial charge on any atom is 0.122 e. The Morgan fingerprint density at radius 1 is 1.57 bits per heavy atom. The van der Waals surface area contributed by atoms with E-state index in [2.05, 4.69) is 21.0 Å². The molecule has 0 aliphatic carbocycles. The van der Waals surface area contributed by atoms with Crippen molar-refractivity contribution in [3.05, 3.63) is 29.0 Å². The van der Waals surface area contributed by atoms with Crippen molar-refractivity contribution in [2.24, 2.45) is 5.73 Å². The molecule has 0 bridgehead atoms. The minimum absolute atomic E-state index is 0.528. The van der Waals surface area contributed by atoms with Crippen molar-refractivity contribution in [1.82, 2.24) is 9.55 Å². The Kier molecular flexibility index (Phi) is 1.72. The summed E-state index contributed by atoms with van der Waals surface area (Å²) in [6.07, 6.45) is 3.05. The van der Waals surface area contributed by atoms with Gasteiger partial charge in [-0.15, -0.1) is 11.3 Å². The molecule has 3 rings (SSSR count). The lowest BCUT2D eigenvalue weighted by molar-refractivity contribution is 0.646. The van der Waals surface area contributed by atoms with Crippen LogP contribution >= 0.6 is 11.3 Å². The van der Waals surface area contributed by atoms with E-state index in [1.807, 2.05) is 6.20 Å². The first kappa shape index (κ1) is 8.20. The maximum atomic E-state index is 5.63. The number of aromatic nitrogens is 2. The van der Waals surface area contributed by atoms with Crippen LogP contribution in [0.15, 0.2) is 17.6 Å². The highest BCUT2D eigenvalue weighted by Gasteiger charge is 2.19. The summed E-state index contributed by atoms with van der Waals surface area (Å²) in [7, 11) is 0. The molecular weight excluding hydrogens is 194 g/mol. The lowest BCUT2D eigenvalue weighted by Gasteiger charge is -2.16. The second kappa shape index (κ2) is 2.93. The Labute approximate surface area is 86.2 Å². The van der Waals surface area contributed by atoms with Crippen LogP contribution in [-0.4, -0.2) is 9.55 Å². The molecule has 1 aliphatic rings. The summed E-state index contributed by atoms with van der Waals surface area (Å²) in [4.78, 5) is 5.70. The summed E-state index contributed by atoms with van der Waals surface area (Å²) >= 11 is 1.79. The quantitative estimate of drug-likeness (QED) is 0.769. The van der Waals surface area contributed by atoms with Crippen molar-refractivity contribution in [1.29, 1.82) is 0 Å². The van der Waals surface area contributed by atoms with Gasteiger partial charge in [-0.2, -0.15) is 0 Å². The van der Waals surface area contributed by atoms with Crippen LogP contribution in [0.2, 0.25) is 0 Å². The van der Waals surface area contributed by atoms with E-state index in [1.54, 1.807) is 11.3 Å². The molecule has 3 heterocycles. The number of nitrogens with two attached hydrogens (primary N) is 1. The van der Waals surface area contributed by atoms with Gasteiger partial charge in [-0.05, 0) is 23.4 Å². The zero-order valence-electron chi connectivity index (χ0n) is 7.73. The number of nitrogens with zero attached hydrogens (tertiary/aromatic N) is 2. The Morgan fingerprint density at radius 3 is 3.36 bits per heavy atom. The summed E-state index contributed by atoms with van der Waals surface area (Å²) in [5.41, 5.74) is 8.32. The largest absolute Gasteiger partial charge is 0.326 e. The standard InChI is InChI=1S/C10H11N3S/c11-5-9-12-6-8-10-7(2-4-14-10)1-3-13(8)9/h2,4,6H,1,3,5,11H2. The zero-order valence-corrected chi connectivity index (χ0v) is 8.55. The monoisotopic (exact) mass is 205 g/mol. The molecule has 0 saturated heterocycles. The van der Waals surface area contributed by atoms with Crippen LogP contribution in [0.3, 0.4) is 0 Å². The number of thiophene rings is 1. The lowest BCUT2D eigenvalue weighted by Crippen LogP contribution is -2.14. The number of hydrogen-bond acceptors (Lipinski definition) is 3. The molecule has 0 fully saturated rings. The van der Waals surface area contributed by atoms with Crippen LogP contribution in [0.25, 0.3) is 10.6 Å². The molecule has 72 valence electrons. The highest BCUT2D eigenvalue weighted by atomic mass is 32.1. The van der Waals surface area contributed by atoms with Crippen LogP contribution in [0, 0.1) is 0 Å². The Bertz CT molecular complexity index is 469. The second-order valence-electron chi connectivity index (χ2n) is 3.44. The predicted molar refractivity (Wildman–Crippen MR) is 57.1 cm³/mol. The molecule has 3 nitrogen and oxygen atoms in total. The molecule has 0 spiro atoms. The van der Waals surface area contributed by atoms with Gasteiger partial charge in [0.05, 0.1) is 23.3 Å². The third kappa shape index (κ3) is 0.980. The fourth-order valence-corrected chi connectivity index (χ4v) is 2.97. The van der Waals surface area contributed by atoms with Gasteiger partial charge in [-0.1, -0.05) is 0 Å². The lowest BCUT2D eigenvalue weighted by atomic mass is 10.1. The second-order valence-corrected chi connectivity index (χ2v) is 4.36. The smallest absolute Gasteiger partial charge is 0.122 e. The SMILES string of the molecule is NCc1ncc2n1CCc1ccsc1-2. The molecule has 2 N–H and O–H groups in total. The number of fused-ring (bicyclic) bond motifs is 3. The normalized spacial score (nSPS) is 13.8. The molecule has 1 aliphatic heterocycles. The van der Waals surface area contributed by atoms with Crippen LogP contribution < -0.4 is 5.73 Å². The third-order valence-electron chi connectivity index (χ3n) is 2.70. The van der Waals surface area contributed by atoms with E-state index in [9.17, 15) is 0 Å². The maximum absolute atomic E-state index is 5.63. The average molecular weight is 205 g/mol. The van der Waals surface area contributed by atoms with Gasteiger partial charge in [-0.25, -0.2) is 4.98 Å². The number of aryl methyl sites for hydroxylation is 1. The van der Waals surface area contributed by atoms with Gasteiger partial charge in [0.1, 0.15) is 5.82 Å². The molecule has 0 amide bonds. The Balaban J connectivity index is 2.22. The first-order chi connectivity index (χ1) is 6.90. The molecule has 0 unspecified atom stereocenters. The van der Waals surface area contributed by atoms with Gasteiger partial charge in [0.25, 0.3) is 0 Å². The summed E-state index contributed by atoms with van der Waals surface area (Å²) in [6.45, 7) is 1.55. The molecule has 0 aromatic carbocycles. The van der Waals surface area contributed by atoms with Crippen LogP contribution in [0.5, 0.6) is 0 Å². The van der Waals surface area contributed by atoms with Gasteiger partial charge < -0.3 is 10.3 Å². The molecule has 14 heavy (non-hydrogen) atoms. The molecule has 4 heteroatoms. The molecule has 0 radical (unpaired) electrons. The molecule has 2 aromatic heterocycles. The van der Waals surface area contributed by atoms with Gasteiger partial charge in [0, 0.05) is 6.54 Å². The topological polar surface area (TPSA) is 43.8 Å². The van der Waals surface area contributed by atoms with Gasteiger partial charge in [0.2, 0.25) is 0 Å². The summed E-state index contributed by atoms with van der Waals surface area (Å²) in [6, 6.07) is 2.21. The fraction of sp³-hybridized carbons (Fsp3) is 0.300. The summed E-state index contributed by atoms with van der Waals surface area (Å²) in [5.74, 6) is 0.999. The predicted octanol–water partition coefficient (Wildman–Crippen LogP) is 1.63. The minimum Gasteiger partial charge on any atom is -0.326 e. The third-order valence-corrected chi connectivity index (χ3v) is 3.68.